The van der Waals surface area contributed by atoms with Crippen LogP contribution in [0.4, 0.5) is 0 Å². The Bertz CT molecular complexity index is 419. The predicted molar refractivity (Wildman–Crippen MR) is 83.1 cm³/mol. The summed E-state index contributed by atoms with van der Waals surface area (Å²) in [7, 11) is 1.65. The molecule has 0 aromatic heterocycles. The summed E-state index contributed by atoms with van der Waals surface area (Å²) in [6, 6.07) is 5.92. The van der Waals surface area contributed by atoms with Crippen molar-refractivity contribution in [3.05, 3.63) is 34.8 Å². The van der Waals surface area contributed by atoms with Gasteiger partial charge < -0.3 is 14.8 Å². The third-order valence-corrected chi connectivity index (χ3v) is 2.75. The minimum atomic E-state index is 0.428. The lowest BCUT2D eigenvalue weighted by atomic mass is 10.1. The van der Waals surface area contributed by atoms with Crippen molar-refractivity contribution in [2.75, 3.05) is 20.3 Å². The molecule has 0 radical (unpaired) electrons. The third-order valence-electron chi connectivity index (χ3n) is 2.52. The number of para-hydroxylation sites is 1. The van der Waals surface area contributed by atoms with Crippen molar-refractivity contribution in [3.8, 4) is 11.5 Å². The Morgan fingerprint density at radius 3 is 2.74 bits per heavy atom. The van der Waals surface area contributed by atoms with Crippen molar-refractivity contribution in [2.24, 2.45) is 5.92 Å². The Kier molecular flexibility index (Phi) is 6.95. The van der Waals surface area contributed by atoms with Gasteiger partial charge in [0.1, 0.15) is 6.61 Å². The van der Waals surface area contributed by atoms with E-state index in [9.17, 15) is 0 Å². The highest BCUT2D eigenvalue weighted by Gasteiger charge is 2.10. The first-order valence-electron chi connectivity index (χ1n) is 6.37. The van der Waals surface area contributed by atoms with E-state index in [0.717, 1.165) is 34.6 Å². The molecule has 19 heavy (non-hydrogen) atoms. The van der Waals surface area contributed by atoms with E-state index in [1.807, 2.05) is 18.2 Å². The summed E-state index contributed by atoms with van der Waals surface area (Å²) in [6.45, 7) is 10.3. The van der Waals surface area contributed by atoms with Gasteiger partial charge in [0.15, 0.2) is 11.5 Å². The molecule has 0 spiro atoms. The molecular weight excluding hydrogens is 306 g/mol. The van der Waals surface area contributed by atoms with E-state index in [4.69, 9.17) is 9.47 Å². The van der Waals surface area contributed by atoms with Crippen LogP contribution in [0.25, 0.3) is 0 Å². The highest BCUT2D eigenvalue weighted by molar-refractivity contribution is 9.11. The topological polar surface area (TPSA) is 30.5 Å². The third kappa shape index (κ3) is 5.66. The second-order valence-corrected chi connectivity index (χ2v) is 5.90. The summed E-state index contributed by atoms with van der Waals surface area (Å²) in [4.78, 5) is 0. The molecule has 3 nitrogen and oxygen atoms in total. The average molecular weight is 328 g/mol. The van der Waals surface area contributed by atoms with Crippen LogP contribution in [-0.4, -0.2) is 20.3 Å². The standard InChI is InChI=1S/C15H22BrNO2/c1-11(2)8-17-9-13-6-5-7-14(18-4)15(13)19-10-12(3)16/h5-7,11,17H,3,8-10H2,1-2,4H3. The summed E-state index contributed by atoms with van der Waals surface area (Å²) in [6.07, 6.45) is 0. The zero-order chi connectivity index (χ0) is 14.3. The maximum atomic E-state index is 5.77. The largest absolute Gasteiger partial charge is 0.493 e. The van der Waals surface area contributed by atoms with Crippen LogP contribution >= 0.6 is 15.9 Å². The molecule has 0 aliphatic rings. The van der Waals surface area contributed by atoms with Gasteiger partial charge in [0.05, 0.1) is 7.11 Å². The number of nitrogens with one attached hydrogen (secondary N) is 1. The lowest BCUT2D eigenvalue weighted by Crippen LogP contribution is -2.19. The molecule has 0 aliphatic carbocycles. The first-order chi connectivity index (χ1) is 9.04. The SMILES string of the molecule is C=C(Br)COc1c(CNCC(C)C)cccc1OC. The molecule has 0 unspecified atom stereocenters. The van der Waals surface area contributed by atoms with E-state index in [1.54, 1.807) is 7.11 Å². The number of ether oxygens (including phenoxy) is 2. The van der Waals surface area contributed by atoms with Crippen molar-refractivity contribution in [3.63, 3.8) is 0 Å². The van der Waals surface area contributed by atoms with Gasteiger partial charge in [-0.2, -0.15) is 0 Å². The summed E-state index contributed by atoms with van der Waals surface area (Å²) < 4.78 is 11.9. The Hall–Kier alpha value is -1.00. The molecule has 0 saturated heterocycles. The second kappa shape index (κ2) is 8.23. The molecule has 0 amide bonds. The van der Waals surface area contributed by atoms with Gasteiger partial charge in [-0.3, -0.25) is 0 Å². The molecule has 0 fully saturated rings. The van der Waals surface area contributed by atoms with Crippen molar-refractivity contribution in [2.45, 2.75) is 20.4 Å². The monoisotopic (exact) mass is 327 g/mol. The molecule has 0 atom stereocenters. The molecule has 4 heteroatoms. The molecule has 0 saturated carbocycles. The Balaban J connectivity index is 2.79. The van der Waals surface area contributed by atoms with E-state index in [1.165, 1.54) is 0 Å². The highest BCUT2D eigenvalue weighted by Crippen LogP contribution is 2.31. The van der Waals surface area contributed by atoms with E-state index in [0.29, 0.717) is 12.5 Å². The lowest BCUT2D eigenvalue weighted by Gasteiger charge is -2.15. The number of rotatable bonds is 8. The number of hydrogen-bond donors (Lipinski definition) is 1. The van der Waals surface area contributed by atoms with Crippen molar-refractivity contribution < 1.29 is 9.47 Å². The van der Waals surface area contributed by atoms with Crippen molar-refractivity contribution in [1.29, 1.82) is 0 Å². The fourth-order valence-corrected chi connectivity index (χ4v) is 1.79. The average Bonchev–Trinajstić information content (AvgIpc) is 2.36. The van der Waals surface area contributed by atoms with E-state index in [-0.39, 0.29) is 0 Å². The smallest absolute Gasteiger partial charge is 0.166 e. The molecule has 1 aromatic carbocycles. The van der Waals surface area contributed by atoms with Crippen LogP contribution in [-0.2, 0) is 6.54 Å². The number of benzene rings is 1. The van der Waals surface area contributed by atoms with Gasteiger partial charge in [-0.05, 0) is 18.5 Å². The normalized spacial score (nSPS) is 10.6. The quantitative estimate of drug-likeness (QED) is 0.789. The van der Waals surface area contributed by atoms with Gasteiger partial charge >= 0.3 is 0 Å². The van der Waals surface area contributed by atoms with Gasteiger partial charge in [-0.15, -0.1) is 0 Å². The highest BCUT2D eigenvalue weighted by atomic mass is 79.9. The Labute approximate surface area is 124 Å². The Morgan fingerprint density at radius 2 is 2.16 bits per heavy atom. The van der Waals surface area contributed by atoms with Crippen LogP contribution in [0.5, 0.6) is 11.5 Å². The summed E-state index contributed by atoms with van der Waals surface area (Å²) in [5.41, 5.74) is 1.09. The summed E-state index contributed by atoms with van der Waals surface area (Å²) >= 11 is 3.30. The van der Waals surface area contributed by atoms with Crippen LogP contribution in [0, 0.1) is 5.92 Å². The van der Waals surface area contributed by atoms with Crippen LogP contribution in [0.3, 0.4) is 0 Å². The first kappa shape index (κ1) is 16.1. The molecule has 1 aromatic rings. The maximum absolute atomic E-state index is 5.77. The van der Waals surface area contributed by atoms with Crippen molar-refractivity contribution in [1.82, 2.24) is 5.32 Å². The number of halogens is 1. The van der Waals surface area contributed by atoms with Gasteiger partial charge in [-0.1, -0.05) is 48.5 Å². The molecule has 1 N–H and O–H groups in total. The lowest BCUT2D eigenvalue weighted by molar-refractivity contribution is 0.320. The molecule has 106 valence electrons. The molecular formula is C15H22BrNO2. The summed E-state index contributed by atoms with van der Waals surface area (Å²) in [5, 5.41) is 3.41. The van der Waals surface area contributed by atoms with Gasteiger partial charge in [-0.25, -0.2) is 0 Å². The van der Waals surface area contributed by atoms with Gasteiger partial charge in [0.25, 0.3) is 0 Å². The van der Waals surface area contributed by atoms with Crippen LogP contribution < -0.4 is 14.8 Å². The van der Waals surface area contributed by atoms with Crippen molar-refractivity contribution >= 4 is 15.9 Å². The minimum absolute atomic E-state index is 0.428. The fraction of sp³-hybridized carbons (Fsp3) is 0.467. The summed E-state index contributed by atoms with van der Waals surface area (Å²) in [5.74, 6) is 2.15. The zero-order valence-electron chi connectivity index (χ0n) is 11.8. The zero-order valence-corrected chi connectivity index (χ0v) is 13.4. The fourth-order valence-electron chi connectivity index (χ4n) is 1.67. The first-order valence-corrected chi connectivity index (χ1v) is 7.16. The minimum Gasteiger partial charge on any atom is -0.493 e. The van der Waals surface area contributed by atoms with E-state index >= 15 is 0 Å². The van der Waals surface area contributed by atoms with Gasteiger partial charge in [0.2, 0.25) is 0 Å². The maximum Gasteiger partial charge on any atom is 0.166 e. The van der Waals surface area contributed by atoms with Crippen LogP contribution in [0.15, 0.2) is 29.3 Å². The van der Waals surface area contributed by atoms with Crippen LogP contribution in [0.1, 0.15) is 19.4 Å². The molecule has 1 rings (SSSR count). The van der Waals surface area contributed by atoms with E-state index < -0.39 is 0 Å². The number of hydrogen-bond acceptors (Lipinski definition) is 3. The second-order valence-electron chi connectivity index (χ2n) is 4.78. The van der Waals surface area contributed by atoms with E-state index in [2.05, 4.69) is 41.7 Å². The Morgan fingerprint density at radius 1 is 1.42 bits per heavy atom. The van der Waals surface area contributed by atoms with Gasteiger partial charge in [0, 0.05) is 16.6 Å². The number of methoxy groups -OCH3 is 1. The van der Waals surface area contributed by atoms with Crippen LogP contribution in [0.2, 0.25) is 0 Å². The molecule has 0 aliphatic heterocycles. The predicted octanol–water partition coefficient (Wildman–Crippen LogP) is 3.73. The molecule has 0 bridgehead atoms. The molecule has 0 heterocycles.